The second-order valence-electron chi connectivity index (χ2n) is 4.93. The Morgan fingerprint density at radius 1 is 1.40 bits per heavy atom. The van der Waals surface area contributed by atoms with Crippen molar-refractivity contribution in [3.63, 3.8) is 0 Å². The zero-order valence-electron chi connectivity index (χ0n) is 12.6. The van der Waals surface area contributed by atoms with E-state index < -0.39 is 12.1 Å². The molecule has 114 valence electrons. The van der Waals surface area contributed by atoms with Crippen molar-refractivity contribution in [3.05, 3.63) is 12.2 Å². The van der Waals surface area contributed by atoms with Crippen LogP contribution in [0, 0.1) is 0 Å². The second-order valence-corrected chi connectivity index (χ2v) is 4.93. The number of carbonyl (C=O) groups is 1. The van der Waals surface area contributed by atoms with Crippen LogP contribution in [0.25, 0.3) is 0 Å². The molecule has 0 fully saturated rings. The number of aromatic nitrogens is 3. The first-order valence-electron chi connectivity index (χ1n) is 7.36. The molecule has 0 saturated heterocycles. The maximum Gasteiger partial charge on any atom is 0.378 e. The van der Waals surface area contributed by atoms with Gasteiger partial charge in [0.25, 0.3) is 5.82 Å². The number of esters is 1. The van der Waals surface area contributed by atoms with E-state index in [9.17, 15) is 9.90 Å². The van der Waals surface area contributed by atoms with E-state index >= 15 is 0 Å². The molecule has 6 heteroatoms. The van der Waals surface area contributed by atoms with Crippen molar-refractivity contribution in [1.29, 1.82) is 0 Å². The molecule has 1 rings (SSSR count). The van der Waals surface area contributed by atoms with Gasteiger partial charge >= 0.3 is 5.97 Å². The van der Waals surface area contributed by atoms with Gasteiger partial charge in [-0.05, 0) is 20.3 Å². The number of ether oxygens (including phenoxy) is 1. The Balaban J connectivity index is 2.65. The van der Waals surface area contributed by atoms with E-state index in [2.05, 4.69) is 17.0 Å². The summed E-state index contributed by atoms with van der Waals surface area (Å²) in [5, 5.41) is 14.0. The Morgan fingerprint density at radius 2 is 2.15 bits per heavy atom. The lowest BCUT2D eigenvalue weighted by atomic mass is 10.0. The molecule has 0 aromatic carbocycles. The standard InChI is InChI=1S/C14H25N3O3/c1-4-6-7-8-9-12(11(3)18)17-10-15-13(16-17)14(19)20-5-2/h10-12,18H,4-9H2,1-3H3/t11-,12-/m0/s1. The summed E-state index contributed by atoms with van der Waals surface area (Å²) in [6.45, 7) is 5.93. The smallest absolute Gasteiger partial charge is 0.378 e. The van der Waals surface area contributed by atoms with E-state index in [1.807, 2.05) is 0 Å². The van der Waals surface area contributed by atoms with E-state index in [-0.39, 0.29) is 11.9 Å². The molecule has 2 atom stereocenters. The van der Waals surface area contributed by atoms with Gasteiger partial charge in [0, 0.05) is 0 Å². The molecule has 0 unspecified atom stereocenters. The molecule has 1 N–H and O–H groups in total. The molecule has 0 radical (unpaired) electrons. The van der Waals surface area contributed by atoms with Gasteiger partial charge in [0.1, 0.15) is 6.33 Å². The van der Waals surface area contributed by atoms with Crippen LogP contribution >= 0.6 is 0 Å². The lowest BCUT2D eigenvalue weighted by molar-refractivity contribution is 0.0509. The molecule has 20 heavy (non-hydrogen) atoms. The van der Waals surface area contributed by atoms with Crippen molar-refractivity contribution in [1.82, 2.24) is 14.8 Å². The molecular weight excluding hydrogens is 258 g/mol. The molecule has 0 aliphatic carbocycles. The molecule has 0 spiro atoms. The third-order valence-corrected chi connectivity index (χ3v) is 3.22. The lowest BCUT2D eigenvalue weighted by Crippen LogP contribution is -2.22. The maximum absolute atomic E-state index is 11.5. The third-order valence-electron chi connectivity index (χ3n) is 3.22. The van der Waals surface area contributed by atoms with Crippen LogP contribution in [0.5, 0.6) is 0 Å². The molecule has 0 bridgehead atoms. The number of carbonyl (C=O) groups excluding carboxylic acids is 1. The molecule has 6 nitrogen and oxygen atoms in total. The maximum atomic E-state index is 11.5. The van der Waals surface area contributed by atoms with E-state index in [1.165, 1.54) is 19.2 Å². The average Bonchev–Trinajstić information content (AvgIpc) is 2.88. The number of hydrogen-bond acceptors (Lipinski definition) is 5. The Labute approximate surface area is 120 Å². The third kappa shape index (κ3) is 4.92. The number of rotatable bonds is 9. The molecule has 1 aromatic heterocycles. The highest BCUT2D eigenvalue weighted by Crippen LogP contribution is 2.19. The second kappa shape index (κ2) is 8.68. The van der Waals surface area contributed by atoms with Gasteiger partial charge in [0.2, 0.25) is 0 Å². The molecule has 0 aliphatic heterocycles. The Morgan fingerprint density at radius 3 is 2.75 bits per heavy atom. The van der Waals surface area contributed by atoms with Crippen LogP contribution in [0.3, 0.4) is 0 Å². The van der Waals surface area contributed by atoms with Gasteiger partial charge in [-0.15, -0.1) is 5.10 Å². The molecular formula is C14H25N3O3. The summed E-state index contributed by atoms with van der Waals surface area (Å²) in [7, 11) is 0. The Hall–Kier alpha value is -1.43. The van der Waals surface area contributed by atoms with Crippen molar-refractivity contribution in [2.75, 3.05) is 6.61 Å². The normalized spacial score (nSPS) is 14.0. The summed E-state index contributed by atoms with van der Waals surface area (Å²) in [6.07, 6.45) is 6.31. The van der Waals surface area contributed by atoms with Gasteiger partial charge in [-0.2, -0.15) is 0 Å². The molecule has 0 amide bonds. The fraction of sp³-hybridized carbons (Fsp3) is 0.786. The quantitative estimate of drug-likeness (QED) is 0.556. The number of hydrogen-bond donors (Lipinski definition) is 1. The highest BCUT2D eigenvalue weighted by atomic mass is 16.5. The summed E-state index contributed by atoms with van der Waals surface area (Å²) < 4.78 is 6.43. The van der Waals surface area contributed by atoms with Crippen LogP contribution in [-0.2, 0) is 4.74 Å². The largest absolute Gasteiger partial charge is 0.460 e. The first-order chi connectivity index (χ1) is 9.60. The first-order valence-corrected chi connectivity index (χ1v) is 7.36. The Kier molecular flexibility index (Phi) is 7.22. The number of aliphatic hydroxyl groups is 1. The minimum atomic E-state index is -0.534. The van der Waals surface area contributed by atoms with Crippen molar-refractivity contribution in [2.24, 2.45) is 0 Å². The van der Waals surface area contributed by atoms with Crippen LogP contribution in [0.15, 0.2) is 6.33 Å². The predicted molar refractivity (Wildman–Crippen MR) is 75.5 cm³/mol. The van der Waals surface area contributed by atoms with Crippen LogP contribution < -0.4 is 0 Å². The predicted octanol–water partition coefficient (Wildman–Crippen LogP) is 2.35. The van der Waals surface area contributed by atoms with E-state index in [1.54, 1.807) is 18.5 Å². The molecule has 1 heterocycles. The fourth-order valence-electron chi connectivity index (χ4n) is 2.10. The minimum Gasteiger partial charge on any atom is -0.460 e. The van der Waals surface area contributed by atoms with Crippen molar-refractivity contribution < 1.29 is 14.6 Å². The van der Waals surface area contributed by atoms with E-state index in [0.29, 0.717) is 6.61 Å². The summed E-state index contributed by atoms with van der Waals surface area (Å²) in [5.41, 5.74) is 0. The summed E-state index contributed by atoms with van der Waals surface area (Å²) in [5.74, 6) is -0.479. The number of nitrogens with zero attached hydrogens (tertiary/aromatic N) is 3. The highest BCUT2D eigenvalue weighted by Gasteiger charge is 2.20. The SMILES string of the molecule is CCCCCC[C@@H]([C@H](C)O)n1cnc(C(=O)OCC)n1. The van der Waals surface area contributed by atoms with E-state index in [4.69, 9.17) is 4.74 Å². The molecule has 1 aromatic rings. The van der Waals surface area contributed by atoms with Crippen LogP contribution in [-0.4, -0.2) is 38.6 Å². The van der Waals surface area contributed by atoms with Gasteiger partial charge < -0.3 is 9.84 Å². The van der Waals surface area contributed by atoms with Crippen molar-refractivity contribution >= 4 is 5.97 Å². The molecule has 0 aliphatic rings. The van der Waals surface area contributed by atoms with Crippen LogP contribution in [0.1, 0.15) is 69.5 Å². The van der Waals surface area contributed by atoms with E-state index in [0.717, 1.165) is 19.3 Å². The summed E-state index contributed by atoms with van der Waals surface area (Å²) in [4.78, 5) is 15.5. The van der Waals surface area contributed by atoms with Gasteiger partial charge in [0.15, 0.2) is 0 Å². The number of aliphatic hydroxyl groups excluding tert-OH is 1. The Bertz CT molecular complexity index is 404. The highest BCUT2D eigenvalue weighted by molar-refractivity contribution is 5.84. The van der Waals surface area contributed by atoms with Crippen molar-refractivity contribution in [3.8, 4) is 0 Å². The summed E-state index contributed by atoms with van der Waals surface area (Å²) in [6, 6.07) is -0.150. The minimum absolute atomic E-state index is 0.0473. The van der Waals surface area contributed by atoms with Gasteiger partial charge in [-0.1, -0.05) is 32.6 Å². The summed E-state index contributed by atoms with van der Waals surface area (Å²) >= 11 is 0. The number of unbranched alkanes of at least 4 members (excludes halogenated alkanes) is 3. The van der Waals surface area contributed by atoms with Crippen LogP contribution in [0.2, 0.25) is 0 Å². The molecule has 0 saturated carbocycles. The van der Waals surface area contributed by atoms with Crippen molar-refractivity contribution in [2.45, 2.75) is 65.0 Å². The average molecular weight is 283 g/mol. The van der Waals surface area contributed by atoms with Gasteiger partial charge in [-0.25, -0.2) is 14.5 Å². The van der Waals surface area contributed by atoms with Crippen LogP contribution in [0.4, 0.5) is 0 Å². The van der Waals surface area contributed by atoms with Gasteiger partial charge in [0.05, 0.1) is 18.8 Å². The monoisotopic (exact) mass is 283 g/mol. The first kappa shape index (κ1) is 16.6. The van der Waals surface area contributed by atoms with Gasteiger partial charge in [-0.3, -0.25) is 0 Å². The zero-order valence-corrected chi connectivity index (χ0v) is 12.6. The topological polar surface area (TPSA) is 77.2 Å². The fourth-order valence-corrected chi connectivity index (χ4v) is 2.10. The lowest BCUT2D eigenvalue weighted by Gasteiger charge is -2.19. The zero-order chi connectivity index (χ0) is 15.0.